The fourth-order valence-electron chi connectivity index (χ4n) is 2.47. The number of fused-ring (bicyclic) bond motifs is 1. The molecule has 3 rings (SSSR count). The van der Waals surface area contributed by atoms with Gasteiger partial charge < -0.3 is 10.2 Å². The molecule has 0 radical (unpaired) electrons. The van der Waals surface area contributed by atoms with E-state index >= 15 is 0 Å². The van der Waals surface area contributed by atoms with Gasteiger partial charge in [-0.15, -0.1) is 5.10 Å². The van der Waals surface area contributed by atoms with Gasteiger partial charge in [0, 0.05) is 24.5 Å². The van der Waals surface area contributed by atoms with Crippen molar-refractivity contribution in [2.45, 2.75) is 19.0 Å². The lowest BCUT2D eigenvalue weighted by Crippen LogP contribution is -2.43. The molecule has 1 aliphatic rings. The molecule has 19 heavy (non-hydrogen) atoms. The number of benzene rings is 1. The molecule has 6 heteroatoms. The van der Waals surface area contributed by atoms with Crippen LogP contribution in [0.2, 0.25) is 0 Å². The lowest BCUT2D eigenvalue weighted by molar-refractivity contribution is -0.121. The third kappa shape index (κ3) is 2.19. The maximum Gasteiger partial charge on any atom is 0.242 e. The number of likely N-dealkylation sites (N-methyl/N-ethyl adjacent to an activating group) is 1. The molecule has 0 spiro atoms. The van der Waals surface area contributed by atoms with Gasteiger partial charge in [-0.3, -0.25) is 4.79 Å². The number of rotatable bonds is 3. The number of carbonyl (C=O) groups is 1. The Morgan fingerprint density at radius 3 is 3.11 bits per heavy atom. The Hall–Kier alpha value is -1.95. The SMILES string of the molecule is CNC(=O)C1Cc2ccccc2N1Cc1csnn1. The van der Waals surface area contributed by atoms with Crippen molar-refractivity contribution >= 4 is 23.1 Å². The van der Waals surface area contributed by atoms with Crippen LogP contribution in [0.3, 0.4) is 0 Å². The standard InChI is InChI=1S/C13H14N4OS/c1-14-13(18)12-6-9-4-2-3-5-11(9)17(12)7-10-8-19-16-15-10/h2-5,8,12H,6-7H2,1H3,(H,14,18). The molecule has 2 heterocycles. The number of hydrogen-bond donors (Lipinski definition) is 1. The summed E-state index contributed by atoms with van der Waals surface area (Å²) in [5.41, 5.74) is 3.22. The van der Waals surface area contributed by atoms with Crippen molar-refractivity contribution in [2.75, 3.05) is 11.9 Å². The molecule has 1 aromatic carbocycles. The molecule has 0 saturated heterocycles. The van der Waals surface area contributed by atoms with Crippen molar-refractivity contribution in [1.29, 1.82) is 0 Å². The van der Waals surface area contributed by atoms with Gasteiger partial charge in [-0.25, -0.2) is 0 Å². The highest BCUT2D eigenvalue weighted by Gasteiger charge is 2.33. The van der Waals surface area contributed by atoms with Crippen molar-refractivity contribution in [3.05, 3.63) is 40.9 Å². The Balaban J connectivity index is 1.93. The Morgan fingerprint density at radius 1 is 1.53 bits per heavy atom. The largest absolute Gasteiger partial charge is 0.357 e. The Labute approximate surface area is 115 Å². The average Bonchev–Trinajstić information content (AvgIpc) is 3.07. The highest BCUT2D eigenvalue weighted by molar-refractivity contribution is 7.03. The summed E-state index contributed by atoms with van der Waals surface area (Å²) in [6.45, 7) is 0.617. The van der Waals surface area contributed by atoms with E-state index in [1.54, 1.807) is 7.05 Å². The summed E-state index contributed by atoms with van der Waals surface area (Å²) in [5.74, 6) is 0.0411. The molecule has 1 N–H and O–H groups in total. The van der Waals surface area contributed by atoms with Gasteiger partial charge in [0.25, 0.3) is 0 Å². The number of nitrogens with one attached hydrogen (secondary N) is 1. The Kier molecular flexibility index (Phi) is 3.16. The van der Waals surface area contributed by atoms with Crippen molar-refractivity contribution in [3.8, 4) is 0 Å². The second kappa shape index (κ2) is 4.97. The van der Waals surface area contributed by atoms with Crippen molar-refractivity contribution in [3.63, 3.8) is 0 Å². The van der Waals surface area contributed by atoms with E-state index in [2.05, 4.69) is 31.9 Å². The normalized spacial score (nSPS) is 17.3. The minimum Gasteiger partial charge on any atom is -0.357 e. The second-order valence-corrected chi connectivity index (χ2v) is 5.10. The minimum absolute atomic E-state index is 0.0411. The van der Waals surface area contributed by atoms with Gasteiger partial charge in [0.05, 0.1) is 12.2 Å². The lowest BCUT2D eigenvalue weighted by Gasteiger charge is -2.25. The molecule has 0 bridgehead atoms. The van der Waals surface area contributed by atoms with Gasteiger partial charge in [-0.05, 0) is 23.2 Å². The molecule has 1 aromatic heterocycles. The van der Waals surface area contributed by atoms with Crippen LogP contribution in [-0.2, 0) is 17.8 Å². The number of hydrogen-bond acceptors (Lipinski definition) is 5. The third-order valence-electron chi connectivity index (χ3n) is 3.38. The first-order valence-electron chi connectivity index (χ1n) is 6.11. The van der Waals surface area contributed by atoms with Crippen LogP contribution in [0.25, 0.3) is 0 Å². The first kappa shape index (κ1) is 12.1. The van der Waals surface area contributed by atoms with Gasteiger partial charge >= 0.3 is 0 Å². The monoisotopic (exact) mass is 274 g/mol. The van der Waals surface area contributed by atoms with Crippen LogP contribution < -0.4 is 10.2 Å². The third-order valence-corrected chi connectivity index (χ3v) is 3.93. The highest BCUT2D eigenvalue weighted by atomic mass is 32.1. The summed E-state index contributed by atoms with van der Waals surface area (Å²) in [5, 5.41) is 8.72. The molecule has 1 atom stereocenters. The van der Waals surface area contributed by atoms with Gasteiger partial charge in [0.1, 0.15) is 6.04 Å². The summed E-state index contributed by atoms with van der Waals surface area (Å²) in [7, 11) is 1.67. The summed E-state index contributed by atoms with van der Waals surface area (Å²) < 4.78 is 3.87. The van der Waals surface area contributed by atoms with Crippen LogP contribution >= 0.6 is 11.5 Å². The number of aromatic nitrogens is 2. The molecule has 1 aliphatic heterocycles. The molecule has 0 saturated carbocycles. The smallest absolute Gasteiger partial charge is 0.242 e. The molecule has 1 unspecified atom stereocenters. The van der Waals surface area contributed by atoms with E-state index in [1.807, 2.05) is 17.5 Å². The van der Waals surface area contributed by atoms with E-state index in [9.17, 15) is 4.79 Å². The fourth-order valence-corrected chi connectivity index (χ4v) is 2.92. The molecule has 0 aliphatic carbocycles. The number of nitrogens with zero attached hydrogens (tertiary/aromatic N) is 3. The lowest BCUT2D eigenvalue weighted by atomic mass is 10.1. The van der Waals surface area contributed by atoms with Crippen molar-refractivity contribution in [1.82, 2.24) is 14.9 Å². The zero-order valence-electron chi connectivity index (χ0n) is 10.5. The molecule has 98 valence electrons. The maximum absolute atomic E-state index is 12.0. The van der Waals surface area contributed by atoms with E-state index in [-0.39, 0.29) is 11.9 Å². The maximum atomic E-state index is 12.0. The van der Waals surface area contributed by atoms with E-state index in [4.69, 9.17) is 0 Å². The summed E-state index contributed by atoms with van der Waals surface area (Å²) in [4.78, 5) is 14.1. The van der Waals surface area contributed by atoms with Crippen LogP contribution in [0.4, 0.5) is 5.69 Å². The number of carbonyl (C=O) groups excluding carboxylic acids is 1. The van der Waals surface area contributed by atoms with E-state index in [1.165, 1.54) is 17.1 Å². The summed E-state index contributed by atoms with van der Waals surface area (Å²) in [6.07, 6.45) is 0.743. The van der Waals surface area contributed by atoms with Gasteiger partial charge in [-0.2, -0.15) is 0 Å². The quantitative estimate of drug-likeness (QED) is 0.914. The predicted molar refractivity (Wildman–Crippen MR) is 74.1 cm³/mol. The van der Waals surface area contributed by atoms with Crippen LogP contribution in [0.15, 0.2) is 29.6 Å². The second-order valence-electron chi connectivity index (χ2n) is 4.49. The molecule has 0 fully saturated rings. The molecule has 2 aromatic rings. The number of anilines is 1. The van der Waals surface area contributed by atoms with Crippen LogP contribution in [0.5, 0.6) is 0 Å². The zero-order valence-corrected chi connectivity index (χ0v) is 11.4. The van der Waals surface area contributed by atoms with Crippen LogP contribution in [-0.4, -0.2) is 28.6 Å². The van der Waals surface area contributed by atoms with Gasteiger partial charge in [0.2, 0.25) is 5.91 Å². The van der Waals surface area contributed by atoms with Crippen molar-refractivity contribution < 1.29 is 4.79 Å². The number of amides is 1. The molecular formula is C13H14N4OS. The Morgan fingerprint density at radius 2 is 2.37 bits per heavy atom. The molecular weight excluding hydrogens is 260 g/mol. The first-order valence-corrected chi connectivity index (χ1v) is 6.95. The zero-order chi connectivity index (χ0) is 13.2. The summed E-state index contributed by atoms with van der Waals surface area (Å²) >= 11 is 1.33. The van der Waals surface area contributed by atoms with Crippen LogP contribution in [0, 0.1) is 0 Å². The number of para-hydroxylation sites is 1. The molecule has 5 nitrogen and oxygen atoms in total. The van der Waals surface area contributed by atoms with Crippen LogP contribution in [0.1, 0.15) is 11.3 Å². The van der Waals surface area contributed by atoms with E-state index < -0.39 is 0 Å². The summed E-state index contributed by atoms with van der Waals surface area (Å²) in [6, 6.07) is 7.97. The van der Waals surface area contributed by atoms with Crippen molar-refractivity contribution in [2.24, 2.45) is 0 Å². The van der Waals surface area contributed by atoms with Gasteiger partial charge in [-0.1, -0.05) is 22.7 Å². The van der Waals surface area contributed by atoms with Gasteiger partial charge in [0.15, 0.2) is 0 Å². The topological polar surface area (TPSA) is 58.1 Å². The fraction of sp³-hybridized carbons (Fsp3) is 0.308. The van der Waals surface area contributed by atoms with E-state index in [0.717, 1.165) is 17.8 Å². The highest BCUT2D eigenvalue weighted by Crippen LogP contribution is 2.33. The molecule has 1 amide bonds. The first-order chi connectivity index (χ1) is 9.29. The van der Waals surface area contributed by atoms with E-state index in [0.29, 0.717) is 6.54 Å². The minimum atomic E-state index is -0.163. The predicted octanol–water partition coefficient (Wildman–Crippen LogP) is 1.22. The Bertz CT molecular complexity index is 584. The average molecular weight is 274 g/mol.